The summed E-state index contributed by atoms with van der Waals surface area (Å²) in [6.07, 6.45) is 4.51. The third-order valence-corrected chi connectivity index (χ3v) is 6.27. The van der Waals surface area contributed by atoms with Crippen molar-refractivity contribution in [1.29, 1.82) is 0 Å². The number of amides is 2. The Morgan fingerprint density at radius 2 is 1.90 bits per heavy atom. The van der Waals surface area contributed by atoms with Gasteiger partial charge in [0.1, 0.15) is 11.7 Å². The first-order valence-electron chi connectivity index (χ1n) is 12.6. The number of aliphatic hydroxyl groups is 1. The zero-order valence-corrected chi connectivity index (χ0v) is 22.1. The molecule has 0 aliphatic rings. The van der Waals surface area contributed by atoms with Gasteiger partial charge in [-0.05, 0) is 42.3 Å². The van der Waals surface area contributed by atoms with Crippen LogP contribution in [0.1, 0.15) is 31.4 Å². The number of nitrogens with two attached hydrogens (primary N) is 1. The second kappa shape index (κ2) is 14.8. The van der Waals surface area contributed by atoms with Crippen LogP contribution in [0.4, 0.5) is 0 Å². The summed E-state index contributed by atoms with van der Waals surface area (Å²) in [6.45, 7) is 0.0910. The number of halogens is 1. The lowest BCUT2D eigenvalue weighted by Gasteiger charge is -2.16. The molecular formula is C30H34ClN5O4. The maximum absolute atomic E-state index is 12.6. The number of pyridine rings is 1. The Labute approximate surface area is 239 Å². The molecule has 10 heteroatoms. The number of rotatable bonds is 13. The Bertz CT molecular complexity index is 1400. The number of aromatic nitrogens is 3. The van der Waals surface area contributed by atoms with E-state index in [9.17, 15) is 14.7 Å². The predicted molar refractivity (Wildman–Crippen MR) is 155 cm³/mol. The molecule has 0 saturated carbocycles. The third kappa shape index (κ3) is 7.91. The van der Waals surface area contributed by atoms with Crippen LogP contribution in [0.25, 0.3) is 16.9 Å². The molecule has 0 aliphatic carbocycles. The van der Waals surface area contributed by atoms with E-state index < -0.39 is 11.9 Å². The number of hydrogen-bond donors (Lipinski definition) is 3. The van der Waals surface area contributed by atoms with Gasteiger partial charge in [0.2, 0.25) is 17.7 Å². The SMILES string of the molecule is C.NC(=O)[C@H](Cc1ccccc1)NC(=O)CCCOc1c(CCO)c(-c2cccnc2)nn1-c1cccc(Cl)c1. The molecule has 4 aromatic rings. The van der Waals surface area contributed by atoms with Crippen molar-refractivity contribution < 1.29 is 19.4 Å². The topological polar surface area (TPSA) is 132 Å². The van der Waals surface area contributed by atoms with E-state index in [0.29, 0.717) is 47.1 Å². The highest BCUT2D eigenvalue weighted by Gasteiger charge is 2.22. The summed E-state index contributed by atoms with van der Waals surface area (Å²) in [6, 6.07) is 19.5. The standard InChI is InChI=1S/C29H30ClN5O4.CH4/c30-22-10-4-11-23(18-22)35-29(24(13-15-36)27(34-35)21-9-5-14-32-19-21)39-16-6-12-26(37)33-25(28(31)38)17-20-7-2-1-3-8-20;/h1-5,7-11,14,18-19,25,36H,6,12-13,15-17H2,(H2,31,38)(H,33,37);1H4/t25-;/m0./s1. The minimum Gasteiger partial charge on any atom is -0.477 e. The predicted octanol–water partition coefficient (Wildman–Crippen LogP) is 4.13. The molecule has 40 heavy (non-hydrogen) atoms. The number of carbonyl (C=O) groups excluding carboxylic acids is 2. The lowest BCUT2D eigenvalue weighted by atomic mass is 10.1. The average Bonchev–Trinajstić information content (AvgIpc) is 3.30. The van der Waals surface area contributed by atoms with Crippen molar-refractivity contribution in [2.24, 2.45) is 5.73 Å². The van der Waals surface area contributed by atoms with E-state index in [1.807, 2.05) is 54.6 Å². The van der Waals surface area contributed by atoms with Crippen LogP contribution in [0.15, 0.2) is 79.1 Å². The number of nitrogens with zero attached hydrogens (tertiary/aromatic N) is 3. The minimum atomic E-state index is -0.803. The van der Waals surface area contributed by atoms with Gasteiger partial charge >= 0.3 is 0 Å². The number of carbonyl (C=O) groups is 2. The molecule has 0 bridgehead atoms. The van der Waals surface area contributed by atoms with Crippen LogP contribution >= 0.6 is 11.6 Å². The molecule has 2 aromatic heterocycles. The van der Waals surface area contributed by atoms with Crippen LogP contribution in [0.3, 0.4) is 0 Å². The van der Waals surface area contributed by atoms with Gasteiger partial charge < -0.3 is 20.9 Å². The normalized spacial score (nSPS) is 11.3. The highest BCUT2D eigenvalue weighted by Crippen LogP contribution is 2.33. The summed E-state index contributed by atoms with van der Waals surface area (Å²) in [5, 5.41) is 17.8. The van der Waals surface area contributed by atoms with Crippen molar-refractivity contribution in [1.82, 2.24) is 20.1 Å². The van der Waals surface area contributed by atoms with E-state index in [1.165, 1.54) is 0 Å². The van der Waals surface area contributed by atoms with Crippen LogP contribution in [-0.4, -0.2) is 50.9 Å². The van der Waals surface area contributed by atoms with Gasteiger partial charge in [-0.3, -0.25) is 14.6 Å². The molecule has 0 unspecified atom stereocenters. The number of ether oxygens (including phenoxy) is 1. The lowest BCUT2D eigenvalue weighted by molar-refractivity contribution is -0.127. The molecule has 0 saturated heterocycles. The third-order valence-electron chi connectivity index (χ3n) is 6.03. The maximum atomic E-state index is 12.6. The molecule has 2 amide bonds. The van der Waals surface area contributed by atoms with E-state index in [2.05, 4.69) is 10.3 Å². The zero-order valence-electron chi connectivity index (χ0n) is 21.3. The average molecular weight is 564 g/mol. The second-order valence-corrected chi connectivity index (χ2v) is 9.34. The van der Waals surface area contributed by atoms with E-state index in [0.717, 1.165) is 11.1 Å². The molecule has 1 atom stereocenters. The van der Waals surface area contributed by atoms with Gasteiger partial charge in [0.05, 0.1) is 12.3 Å². The molecule has 2 heterocycles. The molecular weight excluding hydrogens is 530 g/mol. The molecule has 0 aliphatic heterocycles. The Morgan fingerprint density at radius 1 is 1.10 bits per heavy atom. The highest BCUT2D eigenvalue weighted by atomic mass is 35.5. The Kier molecular flexibility index (Phi) is 11.2. The molecule has 4 N–H and O–H groups in total. The quantitative estimate of drug-likeness (QED) is 0.210. The molecule has 4 rings (SSSR count). The molecule has 0 spiro atoms. The van der Waals surface area contributed by atoms with Gasteiger partial charge in [-0.2, -0.15) is 5.10 Å². The van der Waals surface area contributed by atoms with E-state index in [1.54, 1.807) is 29.2 Å². The van der Waals surface area contributed by atoms with Crippen molar-refractivity contribution in [2.75, 3.05) is 13.2 Å². The van der Waals surface area contributed by atoms with Crippen LogP contribution < -0.4 is 15.8 Å². The first-order chi connectivity index (χ1) is 19.0. The van der Waals surface area contributed by atoms with E-state index in [-0.39, 0.29) is 33.0 Å². The van der Waals surface area contributed by atoms with Crippen LogP contribution in [0, 0.1) is 0 Å². The minimum absolute atomic E-state index is 0. The highest BCUT2D eigenvalue weighted by molar-refractivity contribution is 6.30. The van der Waals surface area contributed by atoms with E-state index in [4.69, 9.17) is 27.2 Å². The molecule has 0 fully saturated rings. The second-order valence-electron chi connectivity index (χ2n) is 8.90. The van der Waals surface area contributed by atoms with E-state index >= 15 is 0 Å². The number of aliphatic hydroxyl groups excluding tert-OH is 1. The van der Waals surface area contributed by atoms with Gasteiger partial charge in [0.15, 0.2) is 0 Å². The van der Waals surface area contributed by atoms with Crippen molar-refractivity contribution in [3.63, 3.8) is 0 Å². The number of hydrogen-bond acceptors (Lipinski definition) is 6. The first-order valence-corrected chi connectivity index (χ1v) is 13.0. The van der Waals surface area contributed by atoms with Gasteiger partial charge in [0, 0.05) is 54.4 Å². The summed E-state index contributed by atoms with van der Waals surface area (Å²) in [5.74, 6) is -0.441. The summed E-state index contributed by atoms with van der Waals surface area (Å²) in [7, 11) is 0. The van der Waals surface area contributed by atoms with Crippen LogP contribution in [-0.2, 0) is 22.4 Å². The smallest absolute Gasteiger partial charge is 0.240 e. The molecule has 0 radical (unpaired) electrons. The van der Waals surface area contributed by atoms with Crippen LogP contribution in [0.2, 0.25) is 5.02 Å². The maximum Gasteiger partial charge on any atom is 0.240 e. The zero-order chi connectivity index (χ0) is 27.6. The summed E-state index contributed by atoms with van der Waals surface area (Å²) in [5.41, 5.74) is 9.24. The fourth-order valence-corrected chi connectivity index (χ4v) is 4.36. The summed E-state index contributed by atoms with van der Waals surface area (Å²) < 4.78 is 7.81. The Hall–Kier alpha value is -4.21. The molecule has 210 valence electrons. The number of nitrogens with one attached hydrogen (secondary N) is 1. The van der Waals surface area contributed by atoms with Gasteiger partial charge in [-0.15, -0.1) is 0 Å². The van der Waals surface area contributed by atoms with Crippen molar-refractivity contribution >= 4 is 23.4 Å². The van der Waals surface area contributed by atoms with Crippen molar-refractivity contribution in [3.05, 3.63) is 95.3 Å². The monoisotopic (exact) mass is 563 g/mol. The summed E-state index contributed by atoms with van der Waals surface area (Å²) >= 11 is 6.24. The van der Waals surface area contributed by atoms with Crippen molar-refractivity contribution in [2.45, 2.75) is 39.2 Å². The summed E-state index contributed by atoms with van der Waals surface area (Å²) in [4.78, 5) is 28.7. The molecule has 2 aromatic carbocycles. The fraction of sp³-hybridized carbons (Fsp3) is 0.267. The van der Waals surface area contributed by atoms with Gasteiger partial charge in [-0.1, -0.05) is 55.4 Å². The molecule has 9 nitrogen and oxygen atoms in total. The lowest BCUT2D eigenvalue weighted by Crippen LogP contribution is -2.45. The Balaban J connectivity index is 0.00000441. The Morgan fingerprint density at radius 3 is 2.58 bits per heavy atom. The fourth-order valence-electron chi connectivity index (χ4n) is 4.18. The van der Waals surface area contributed by atoms with Gasteiger partial charge in [0.25, 0.3) is 0 Å². The number of primary amides is 1. The van der Waals surface area contributed by atoms with Crippen LogP contribution in [0.5, 0.6) is 5.88 Å². The number of benzene rings is 2. The first kappa shape index (κ1) is 30.3. The van der Waals surface area contributed by atoms with Gasteiger partial charge in [-0.25, -0.2) is 4.68 Å². The largest absolute Gasteiger partial charge is 0.477 e. The van der Waals surface area contributed by atoms with Crippen molar-refractivity contribution in [3.8, 4) is 22.8 Å².